The van der Waals surface area contributed by atoms with Crippen LogP contribution in [0, 0.1) is 0 Å². The summed E-state index contributed by atoms with van der Waals surface area (Å²) in [5.74, 6) is -1.08. The number of hydrogen-bond donors (Lipinski definition) is 2. The predicted octanol–water partition coefficient (Wildman–Crippen LogP) is 3.97. The smallest absolute Gasteiger partial charge is 0.337 e. The SMILES string of the molecule is O=C(O)c1cnc2ccc(Oc3ccc4ncc(C(=O)O)cc4c3)cc2c1. The van der Waals surface area contributed by atoms with E-state index >= 15 is 0 Å². The van der Waals surface area contributed by atoms with Gasteiger partial charge in [-0.3, -0.25) is 9.97 Å². The number of fused-ring (bicyclic) bond motifs is 2. The molecule has 0 saturated carbocycles. The van der Waals surface area contributed by atoms with Crippen LogP contribution in [0.2, 0.25) is 0 Å². The summed E-state index contributed by atoms with van der Waals surface area (Å²) in [7, 11) is 0. The highest BCUT2D eigenvalue weighted by Gasteiger charge is 2.08. The first-order chi connectivity index (χ1) is 13.0. The number of aromatic carboxylic acids is 2. The van der Waals surface area contributed by atoms with Gasteiger partial charge in [-0.25, -0.2) is 9.59 Å². The third-order valence-corrected chi connectivity index (χ3v) is 4.04. The highest BCUT2D eigenvalue weighted by molar-refractivity contribution is 5.93. The van der Waals surface area contributed by atoms with Gasteiger partial charge < -0.3 is 14.9 Å². The fourth-order valence-corrected chi connectivity index (χ4v) is 2.72. The summed E-state index contributed by atoms with van der Waals surface area (Å²) in [4.78, 5) is 30.4. The van der Waals surface area contributed by atoms with Crippen LogP contribution in [-0.2, 0) is 0 Å². The molecule has 2 N–H and O–H groups in total. The number of carbonyl (C=O) groups is 2. The number of benzene rings is 2. The van der Waals surface area contributed by atoms with Crippen molar-refractivity contribution in [3.05, 3.63) is 72.1 Å². The molecule has 0 saturated heterocycles. The molecule has 132 valence electrons. The van der Waals surface area contributed by atoms with Crippen molar-refractivity contribution in [1.29, 1.82) is 0 Å². The van der Waals surface area contributed by atoms with Crippen molar-refractivity contribution in [2.24, 2.45) is 0 Å². The molecule has 0 unspecified atom stereocenters. The second-order valence-electron chi connectivity index (χ2n) is 5.87. The zero-order chi connectivity index (χ0) is 19.0. The van der Waals surface area contributed by atoms with Crippen LogP contribution in [0.25, 0.3) is 21.8 Å². The average molecular weight is 360 g/mol. The Bertz CT molecular complexity index is 1120. The fraction of sp³-hybridized carbons (Fsp3) is 0. The van der Waals surface area contributed by atoms with Gasteiger partial charge in [0.15, 0.2) is 0 Å². The van der Waals surface area contributed by atoms with E-state index in [9.17, 15) is 9.59 Å². The van der Waals surface area contributed by atoms with Crippen LogP contribution in [0.5, 0.6) is 11.5 Å². The van der Waals surface area contributed by atoms with Crippen molar-refractivity contribution in [2.45, 2.75) is 0 Å². The molecule has 2 aromatic carbocycles. The number of rotatable bonds is 4. The molecule has 0 aliphatic rings. The van der Waals surface area contributed by atoms with Crippen LogP contribution in [-0.4, -0.2) is 32.1 Å². The molecular weight excluding hydrogens is 348 g/mol. The molecule has 0 aliphatic heterocycles. The van der Waals surface area contributed by atoms with E-state index in [0.717, 1.165) is 0 Å². The molecule has 2 heterocycles. The van der Waals surface area contributed by atoms with E-state index in [1.165, 1.54) is 24.5 Å². The number of carboxylic acid groups (broad SMARTS) is 2. The normalized spacial score (nSPS) is 10.8. The molecule has 2 aromatic heterocycles. The van der Waals surface area contributed by atoms with Crippen molar-refractivity contribution in [3.63, 3.8) is 0 Å². The summed E-state index contributed by atoms with van der Waals surface area (Å²) < 4.78 is 5.84. The van der Waals surface area contributed by atoms with E-state index in [4.69, 9.17) is 14.9 Å². The summed E-state index contributed by atoms with van der Waals surface area (Å²) >= 11 is 0. The number of pyridine rings is 2. The molecule has 4 aromatic rings. The molecule has 0 amide bonds. The van der Waals surface area contributed by atoms with E-state index in [-0.39, 0.29) is 11.1 Å². The zero-order valence-electron chi connectivity index (χ0n) is 13.8. The quantitative estimate of drug-likeness (QED) is 0.566. The first-order valence-corrected chi connectivity index (χ1v) is 7.94. The molecule has 27 heavy (non-hydrogen) atoms. The van der Waals surface area contributed by atoms with Crippen molar-refractivity contribution < 1.29 is 24.5 Å². The summed E-state index contributed by atoms with van der Waals surface area (Å²) in [6.45, 7) is 0. The standard InChI is InChI=1S/C20H12N2O5/c23-19(24)13-5-11-7-15(1-3-17(11)21-9-13)27-16-2-4-18-12(8-16)6-14(10-22-18)20(25)26/h1-10H,(H,23,24)(H,25,26). The van der Waals surface area contributed by atoms with Crippen molar-refractivity contribution >= 4 is 33.7 Å². The largest absolute Gasteiger partial charge is 0.478 e. The summed E-state index contributed by atoms with van der Waals surface area (Å²) in [5, 5.41) is 19.5. The third kappa shape index (κ3) is 3.25. The van der Waals surface area contributed by atoms with Crippen LogP contribution in [0.1, 0.15) is 20.7 Å². The van der Waals surface area contributed by atoms with E-state index < -0.39 is 11.9 Å². The van der Waals surface area contributed by atoms with Crippen LogP contribution in [0.15, 0.2) is 60.9 Å². The maximum Gasteiger partial charge on any atom is 0.337 e. The van der Waals surface area contributed by atoms with Gasteiger partial charge in [0.25, 0.3) is 0 Å². The van der Waals surface area contributed by atoms with E-state index in [0.29, 0.717) is 33.3 Å². The molecule has 0 aliphatic carbocycles. The van der Waals surface area contributed by atoms with Gasteiger partial charge in [0.2, 0.25) is 0 Å². The second-order valence-corrected chi connectivity index (χ2v) is 5.87. The van der Waals surface area contributed by atoms with Gasteiger partial charge in [0.05, 0.1) is 22.2 Å². The highest BCUT2D eigenvalue weighted by atomic mass is 16.5. The average Bonchev–Trinajstić information content (AvgIpc) is 2.66. The molecule has 0 atom stereocenters. The Hall–Kier alpha value is -4.00. The molecule has 7 heteroatoms. The first kappa shape index (κ1) is 16.5. The molecule has 0 fully saturated rings. The lowest BCUT2D eigenvalue weighted by Gasteiger charge is -2.08. The Morgan fingerprint density at radius 1 is 0.704 bits per heavy atom. The van der Waals surface area contributed by atoms with Gasteiger partial charge in [-0.15, -0.1) is 0 Å². The number of nitrogens with zero attached hydrogens (tertiary/aromatic N) is 2. The Morgan fingerprint density at radius 2 is 1.15 bits per heavy atom. The van der Waals surface area contributed by atoms with E-state index in [2.05, 4.69) is 9.97 Å². The van der Waals surface area contributed by atoms with Crippen LogP contribution >= 0.6 is 0 Å². The first-order valence-electron chi connectivity index (χ1n) is 7.94. The fourth-order valence-electron chi connectivity index (χ4n) is 2.72. The maximum absolute atomic E-state index is 11.1. The van der Waals surface area contributed by atoms with Gasteiger partial charge in [-0.2, -0.15) is 0 Å². The lowest BCUT2D eigenvalue weighted by Crippen LogP contribution is -1.97. The van der Waals surface area contributed by atoms with Crippen molar-refractivity contribution in [2.75, 3.05) is 0 Å². The summed E-state index contributed by atoms with van der Waals surface area (Å²) in [6, 6.07) is 13.4. The van der Waals surface area contributed by atoms with Crippen molar-refractivity contribution in [1.82, 2.24) is 9.97 Å². The van der Waals surface area contributed by atoms with Gasteiger partial charge in [0.1, 0.15) is 11.5 Å². The van der Waals surface area contributed by atoms with Gasteiger partial charge in [-0.05, 0) is 48.5 Å². The Kier molecular flexibility index (Phi) is 3.89. The molecular formula is C20H12N2O5. The Labute approximate surface area is 152 Å². The lowest BCUT2D eigenvalue weighted by molar-refractivity contribution is 0.0686. The number of hydrogen-bond acceptors (Lipinski definition) is 5. The monoisotopic (exact) mass is 360 g/mol. The van der Waals surface area contributed by atoms with Crippen molar-refractivity contribution in [3.8, 4) is 11.5 Å². The Balaban J connectivity index is 1.70. The number of ether oxygens (including phenoxy) is 1. The van der Waals surface area contributed by atoms with Gasteiger partial charge in [-0.1, -0.05) is 0 Å². The third-order valence-electron chi connectivity index (χ3n) is 4.04. The van der Waals surface area contributed by atoms with E-state index in [1.54, 1.807) is 36.4 Å². The topological polar surface area (TPSA) is 110 Å². The maximum atomic E-state index is 11.1. The van der Waals surface area contributed by atoms with Gasteiger partial charge in [0, 0.05) is 23.2 Å². The summed E-state index contributed by atoms with van der Waals surface area (Å²) in [5.41, 5.74) is 1.50. The van der Waals surface area contributed by atoms with Gasteiger partial charge >= 0.3 is 11.9 Å². The Morgan fingerprint density at radius 3 is 1.56 bits per heavy atom. The number of carboxylic acids is 2. The van der Waals surface area contributed by atoms with Crippen LogP contribution in [0.3, 0.4) is 0 Å². The minimum atomic E-state index is -1.05. The molecule has 0 spiro atoms. The van der Waals surface area contributed by atoms with Crippen LogP contribution < -0.4 is 4.74 Å². The zero-order valence-corrected chi connectivity index (χ0v) is 13.8. The molecule has 0 radical (unpaired) electrons. The summed E-state index contributed by atoms with van der Waals surface area (Å²) in [6.07, 6.45) is 2.61. The predicted molar refractivity (Wildman–Crippen MR) is 97.5 cm³/mol. The van der Waals surface area contributed by atoms with Crippen LogP contribution in [0.4, 0.5) is 0 Å². The molecule has 0 bridgehead atoms. The highest BCUT2D eigenvalue weighted by Crippen LogP contribution is 2.28. The number of aromatic nitrogens is 2. The second kappa shape index (κ2) is 6.38. The molecule has 4 rings (SSSR count). The molecule has 7 nitrogen and oxygen atoms in total. The minimum Gasteiger partial charge on any atom is -0.478 e. The lowest BCUT2D eigenvalue weighted by atomic mass is 10.1. The minimum absolute atomic E-state index is 0.0950. The van der Waals surface area contributed by atoms with E-state index in [1.807, 2.05) is 0 Å².